The van der Waals surface area contributed by atoms with E-state index in [9.17, 15) is 9.18 Å². The second-order valence-corrected chi connectivity index (χ2v) is 7.12. The largest absolute Gasteiger partial charge is 0.454 e. The molecule has 1 aliphatic rings. The number of hydrogen-bond donors (Lipinski definition) is 1. The Morgan fingerprint density at radius 2 is 2.07 bits per heavy atom. The summed E-state index contributed by atoms with van der Waals surface area (Å²) in [5, 5.41) is 6.71. The molecule has 0 aliphatic carbocycles. The van der Waals surface area contributed by atoms with Crippen molar-refractivity contribution in [3.05, 3.63) is 59.4 Å². The molecule has 0 saturated heterocycles. The highest BCUT2D eigenvalue weighted by Gasteiger charge is 2.14. The van der Waals surface area contributed by atoms with Crippen LogP contribution < -0.4 is 14.8 Å². The van der Waals surface area contributed by atoms with Crippen molar-refractivity contribution in [3.8, 4) is 11.5 Å². The minimum Gasteiger partial charge on any atom is -0.454 e. The molecule has 0 aromatic heterocycles. The van der Waals surface area contributed by atoms with Crippen molar-refractivity contribution in [1.82, 2.24) is 5.32 Å². The lowest BCUT2D eigenvalue weighted by Gasteiger charge is -2.06. The third kappa shape index (κ3) is 5.63. The Labute approximate surface area is 167 Å². The van der Waals surface area contributed by atoms with Crippen molar-refractivity contribution in [2.24, 2.45) is 5.16 Å². The monoisotopic (exact) mass is 404 g/mol. The predicted molar refractivity (Wildman–Crippen MR) is 106 cm³/mol. The third-order valence-electron chi connectivity index (χ3n) is 3.97. The first-order valence-corrected chi connectivity index (χ1v) is 9.93. The van der Waals surface area contributed by atoms with Gasteiger partial charge < -0.3 is 19.6 Å². The number of nitrogens with one attached hydrogen (secondary N) is 1. The van der Waals surface area contributed by atoms with Crippen LogP contribution in [0.4, 0.5) is 4.39 Å². The van der Waals surface area contributed by atoms with E-state index in [1.165, 1.54) is 6.07 Å². The fourth-order valence-electron chi connectivity index (χ4n) is 2.47. The molecule has 3 rings (SSSR count). The van der Waals surface area contributed by atoms with Crippen LogP contribution in [0, 0.1) is 5.82 Å². The van der Waals surface area contributed by atoms with E-state index in [0.29, 0.717) is 40.8 Å². The summed E-state index contributed by atoms with van der Waals surface area (Å²) in [7, 11) is 0. The number of rotatable bonds is 9. The first-order chi connectivity index (χ1) is 13.6. The van der Waals surface area contributed by atoms with E-state index in [1.54, 1.807) is 30.8 Å². The normalized spacial score (nSPS) is 12.7. The summed E-state index contributed by atoms with van der Waals surface area (Å²) in [6.45, 7) is 2.31. The molecule has 2 aromatic rings. The van der Waals surface area contributed by atoms with Gasteiger partial charge in [0.2, 0.25) is 6.79 Å². The molecule has 0 unspecified atom stereocenters. The molecule has 0 saturated carbocycles. The lowest BCUT2D eigenvalue weighted by atomic mass is 10.1. The van der Waals surface area contributed by atoms with Crippen molar-refractivity contribution in [3.63, 3.8) is 0 Å². The molecule has 0 fully saturated rings. The van der Waals surface area contributed by atoms with Crippen LogP contribution in [0.2, 0.25) is 0 Å². The quantitative estimate of drug-likeness (QED) is 0.394. The number of carbonyl (C=O) groups is 1. The Balaban J connectivity index is 1.33. The van der Waals surface area contributed by atoms with E-state index >= 15 is 0 Å². The molecule has 1 heterocycles. The number of oxime groups is 1. The summed E-state index contributed by atoms with van der Waals surface area (Å²) in [5.41, 5.74) is 2.12. The van der Waals surface area contributed by atoms with Crippen molar-refractivity contribution in [1.29, 1.82) is 0 Å². The minimum atomic E-state index is -0.256. The van der Waals surface area contributed by atoms with Gasteiger partial charge in [0, 0.05) is 23.6 Å². The first kappa shape index (κ1) is 20.0. The number of amides is 1. The maximum absolute atomic E-state index is 13.5. The van der Waals surface area contributed by atoms with E-state index in [0.717, 1.165) is 5.56 Å². The van der Waals surface area contributed by atoms with Gasteiger partial charge in [-0.15, -0.1) is 0 Å². The zero-order valence-corrected chi connectivity index (χ0v) is 16.3. The molecule has 148 valence electrons. The van der Waals surface area contributed by atoms with Crippen LogP contribution >= 0.6 is 11.8 Å². The standard InChI is InChI=1S/C20H21FN2O4S/c1-14(15-6-7-18-19(10-15)26-13-25-18)23-27-11-20(24)22-8-9-28-12-16-4-2-3-5-17(16)21/h2-7,10H,8-9,11-13H2,1H3,(H,22,24)/b23-14-. The predicted octanol–water partition coefficient (Wildman–Crippen LogP) is 3.34. The van der Waals surface area contributed by atoms with Crippen molar-refractivity contribution in [2.75, 3.05) is 25.7 Å². The minimum absolute atomic E-state index is 0.167. The number of thioether (sulfide) groups is 1. The van der Waals surface area contributed by atoms with Gasteiger partial charge in [0.15, 0.2) is 18.1 Å². The lowest BCUT2D eigenvalue weighted by molar-refractivity contribution is -0.125. The molecular formula is C20H21FN2O4S. The molecule has 2 aromatic carbocycles. The Hall–Kier alpha value is -2.74. The number of fused-ring (bicyclic) bond motifs is 1. The molecule has 0 spiro atoms. The number of nitrogens with zero attached hydrogens (tertiary/aromatic N) is 1. The van der Waals surface area contributed by atoms with Crippen LogP contribution in [0.1, 0.15) is 18.1 Å². The van der Waals surface area contributed by atoms with Crippen molar-refractivity contribution >= 4 is 23.4 Å². The summed E-state index contributed by atoms with van der Waals surface area (Å²) in [5.74, 6) is 2.15. The molecule has 1 amide bonds. The number of hydrogen-bond acceptors (Lipinski definition) is 6. The van der Waals surface area contributed by atoms with Gasteiger partial charge in [-0.3, -0.25) is 4.79 Å². The molecule has 0 radical (unpaired) electrons. The van der Waals surface area contributed by atoms with Crippen LogP contribution in [0.15, 0.2) is 47.6 Å². The highest BCUT2D eigenvalue weighted by Crippen LogP contribution is 2.32. The van der Waals surface area contributed by atoms with Crippen LogP contribution in [0.3, 0.4) is 0 Å². The number of benzene rings is 2. The summed E-state index contributed by atoms with van der Waals surface area (Å²) >= 11 is 1.55. The third-order valence-corrected chi connectivity index (χ3v) is 4.98. The fourth-order valence-corrected chi connectivity index (χ4v) is 3.32. The van der Waals surface area contributed by atoms with Crippen molar-refractivity contribution in [2.45, 2.75) is 12.7 Å². The van der Waals surface area contributed by atoms with Crippen LogP contribution in [-0.2, 0) is 15.4 Å². The van der Waals surface area contributed by atoms with Gasteiger partial charge in [0.1, 0.15) is 5.82 Å². The average Bonchev–Trinajstić information content (AvgIpc) is 3.17. The van der Waals surface area contributed by atoms with Crippen molar-refractivity contribution < 1.29 is 23.5 Å². The molecule has 6 nitrogen and oxygen atoms in total. The lowest BCUT2D eigenvalue weighted by Crippen LogP contribution is -2.29. The maximum atomic E-state index is 13.5. The zero-order valence-electron chi connectivity index (χ0n) is 15.4. The molecule has 0 atom stereocenters. The highest BCUT2D eigenvalue weighted by molar-refractivity contribution is 7.98. The molecule has 28 heavy (non-hydrogen) atoms. The Morgan fingerprint density at radius 3 is 2.93 bits per heavy atom. The van der Waals surface area contributed by atoms with E-state index < -0.39 is 0 Å². The summed E-state index contributed by atoms with van der Waals surface area (Å²) < 4.78 is 24.1. The second kappa shape index (κ2) is 9.98. The molecule has 1 N–H and O–H groups in total. The van der Waals surface area contributed by atoms with Gasteiger partial charge in [-0.1, -0.05) is 23.4 Å². The van der Waals surface area contributed by atoms with Gasteiger partial charge in [0.05, 0.1) is 5.71 Å². The summed E-state index contributed by atoms with van der Waals surface area (Å²) in [4.78, 5) is 16.9. The smallest absolute Gasteiger partial charge is 0.260 e. The fraction of sp³-hybridized carbons (Fsp3) is 0.300. The number of ether oxygens (including phenoxy) is 2. The summed E-state index contributed by atoms with van der Waals surface area (Å²) in [6.07, 6.45) is 0. The van der Waals surface area contributed by atoms with E-state index in [4.69, 9.17) is 14.3 Å². The van der Waals surface area contributed by atoms with E-state index in [1.807, 2.05) is 24.3 Å². The van der Waals surface area contributed by atoms with Gasteiger partial charge in [-0.05, 0) is 36.8 Å². The van der Waals surface area contributed by atoms with Crippen LogP contribution in [-0.4, -0.2) is 37.3 Å². The number of carbonyl (C=O) groups excluding carboxylic acids is 1. The first-order valence-electron chi connectivity index (χ1n) is 8.78. The Morgan fingerprint density at radius 1 is 1.25 bits per heavy atom. The van der Waals surface area contributed by atoms with E-state index in [2.05, 4.69) is 10.5 Å². The maximum Gasteiger partial charge on any atom is 0.260 e. The summed E-state index contributed by atoms with van der Waals surface area (Å²) in [6, 6.07) is 12.2. The SMILES string of the molecule is C/C(=N/OCC(=O)NCCSCc1ccccc1F)c1ccc2c(c1)OCO2. The highest BCUT2D eigenvalue weighted by atomic mass is 32.2. The Kier molecular flexibility index (Phi) is 7.13. The number of halogens is 1. The van der Waals surface area contributed by atoms with Gasteiger partial charge in [0.25, 0.3) is 5.91 Å². The van der Waals surface area contributed by atoms with Gasteiger partial charge in [-0.25, -0.2) is 4.39 Å². The topological polar surface area (TPSA) is 69.2 Å². The van der Waals surface area contributed by atoms with Gasteiger partial charge >= 0.3 is 0 Å². The van der Waals surface area contributed by atoms with Crippen LogP contribution in [0.25, 0.3) is 0 Å². The molecule has 1 aliphatic heterocycles. The average molecular weight is 404 g/mol. The van der Waals surface area contributed by atoms with Gasteiger partial charge in [-0.2, -0.15) is 11.8 Å². The molecule has 8 heteroatoms. The van der Waals surface area contributed by atoms with Crippen LogP contribution in [0.5, 0.6) is 11.5 Å². The molecular weight excluding hydrogens is 383 g/mol. The second-order valence-electron chi connectivity index (χ2n) is 6.01. The van der Waals surface area contributed by atoms with E-state index in [-0.39, 0.29) is 25.1 Å². The zero-order chi connectivity index (χ0) is 19.8. The Bertz CT molecular complexity index is 860. The molecule has 0 bridgehead atoms.